The molecule has 0 saturated heterocycles. The van der Waals surface area contributed by atoms with Crippen molar-refractivity contribution >= 4 is 11.6 Å². The highest BCUT2D eigenvalue weighted by molar-refractivity contribution is 5.39. The number of aromatic nitrogens is 2. The van der Waals surface area contributed by atoms with Crippen LogP contribution in [0, 0.1) is 0 Å². The lowest BCUT2D eigenvalue weighted by molar-refractivity contribution is 0.645. The molecule has 0 amide bonds. The van der Waals surface area contributed by atoms with Gasteiger partial charge in [0.15, 0.2) is 0 Å². The summed E-state index contributed by atoms with van der Waals surface area (Å²) in [5.41, 5.74) is 5.49. The van der Waals surface area contributed by atoms with E-state index in [2.05, 4.69) is 21.9 Å². The largest absolute Gasteiger partial charge is 0.382 e. The van der Waals surface area contributed by atoms with Gasteiger partial charge >= 0.3 is 0 Å². The van der Waals surface area contributed by atoms with Crippen LogP contribution < -0.4 is 10.6 Å². The van der Waals surface area contributed by atoms with Gasteiger partial charge in [0.1, 0.15) is 11.6 Å². The Hall–Kier alpha value is -1.32. The zero-order chi connectivity index (χ0) is 9.97. The number of rotatable bonds is 2. The van der Waals surface area contributed by atoms with E-state index in [1.807, 2.05) is 0 Å². The van der Waals surface area contributed by atoms with Gasteiger partial charge in [-0.25, -0.2) is 9.97 Å². The highest BCUT2D eigenvalue weighted by Gasteiger charge is 2.20. The Morgan fingerprint density at radius 3 is 2.57 bits per heavy atom. The van der Waals surface area contributed by atoms with Gasteiger partial charge in [0, 0.05) is 13.1 Å². The summed E-state index contributed by atoms with van der Waals surface area (Å²) >= 11 is 0. The molecule has 4 nitrogen and oxygen atoms in total. The van der Waals surface area contributed by atoms with Crippen molar-refractivity contribution in [3.63, 3.8) is 0 Å². The average molecular weight is 192 g/mol. The number of anilines is 2. The lowest BCUT2D eigenvalue weighted by atomic mass is 10.2. The molecule has 4 heteroatoms. The molecule has 1 aliphatic carbocycles. The number of nitrogens with zero attached hydrogens (tertiary/aromatic N) is 3. The Balaban J connectivity index is 2.09. The Bertz CT molecular complexity index is 289. The van der Waals surface area contributed by atoms with Gasteiger partial charge in [-0.05, 0) is 12.8 Å². The maximum Gasteiger partial charge on any atom is 0.147 e. The molecular weight excluding hydrogens is 176 g/mol. The van der Waals surface area contributed by atoms with E-state index in [1.165, 1.54) is 25.7 Å². The fourth-order valence-corrected chi connectivity index (χ4v) is 1.99. The third-order valence-corrected chi connectivity index (χ3v) is 2.89. The van der Waals surface area contributed by atoms with E-state index in [9.17, 15) is 0 Å². The van der Waals surface area contributed by atoms with Crippen LogP contribution in [0.4, 0.5) is 11.6 Å². The average Bonchev–Trinajstić information content (AvgIpc) is 2.71. The second-order valence-corrected chi connectivity index (χ2v) is 3.85. The highest BCUT2D eigenvalue weighted by Crippen LogP contribution is 2.25. The van der Waals surface area contributed by atoms with Crippen molar-refractivity contribution < 1.29 is 0 Å². The predicted molar refractivity (Wildman–Crippen MR) is 57.1 cm³/mol. The monoisotopic (exact) mass is 192 g/mol. The Labute approximate surface area is 84.2 Å². The molecule has 0 aromatic carbocycles. The summed E-state index contributed by atoms with van der Waals surface area (Å²) in [5.74, 6) is 1.40. The molecule has 76 valence electrons. The first kappa shape index (κ1) is 9.24. The highest BCUT2D eigenvalue weighted by atomic mass is 15.2. The minimum Gasteiger partial charge on any atom is -0.382 e. The summed E-state index contributed by atoms with van der Waals surface area (Å²) < 4.78 is 0. The maximum absolute atomic E-state index is 5.49. The van der Waals surface area contributed by atoms with Crippen LogP contribution in [0.15, 0.2) is 12.4 Å². The van der Waals surface area contributed by atoms with E-state index in [1.54, 1.807) is 12.4 Å². The first-order valence-corrected chi connectivity index (χ1v) is 5.08. The zero-order valence-corrected chi connectivity index (χ0v) is 8.48. The smallest absolute Gasteiger partial charge is 0.147 e. The molecule has 0 bridgehead atoms. The van der Waals surface area contributed by atoms with Crippen molar-refractivity contribution in [1.29, 1.82) is 0 Å². The summed E-state index contributed by atoms with van der Waals surface area (Å²) in [5, 5.41) is 0. The molecule has 2 rings (SSSR count). The molecule has 1 aromatic heterocycles. The van der Waals surface area contributed by atoms with E-state index in [0.29, 0.717) is 11.9 Å². The fraction of sp³-hybridized carbons (Fsp3) is 0.600. The zero-order valence-electron chi connectivity index (χ0n) is 8.48. The van der Waals surface area contributed by atoms with Gasteiger partial charge in [-0.3, -0.25) is 0 Å². The van der Waals surface area contributed by atoms with Crippen molar-refractivity contribution in [2.75, 3.05) is 17.7 Å². The van der Waals surface area contributed by atoms with Gasteiger partial charge in [0.2, 0.25) is 0 Å². The van der Waals surface area contributed by atoms with Gasteiger partial charge in [0.25, 0.3) is 0 Å². The van der Waals surface area contributed by atoms with Crippen molar-refractivity contribution in [3.05, 3.63) is 12.4 Å². The van der Waals surface area contributed by atoms with E-state index >= 15 is 0 Å². The molecule has 0 aliphatic heterocycles. The first-order valence-electron chi connectivity index (χ1n) is 5.08. The number of nitrogen functional groups attached to an aromatic ring is 1. The van der Waals surface area contributed by atoms with Crippen molar-refractivity contribution in [2.45, 2.75) is 31.7 Å². The van der Waals surface area contributed by atoms with E-state index in [0.717, 1.165) is 5.82 Å². The predicted octanol–water partition coefficient (Wildman–Crippen LogP) is 1.44. The number of hydrogen-bond acceptors (Lipinski definition) is 4. The van der Waals surface area contributed by atoms with Crippen LogP contribution >= 0.6 is 0 Å². The van der Waals surface area contributed by atoms with Crippen LogP contribution in [-0.4, -0.2) is 23.1 Å². The summed E-state index contributed by atoms with van der Waals surface area (Å²) in [7, 11) is 2.08. The Morgan fingerprint density at radius 1 is 1.29 bits per heavy atom. The molecule has 0 unspecified atom stereocenters. The van der Waals surface area contributed by atoms with E-state index < -0.39 is 0 Å². The van der Waals surface area contributed by atoms with Crippen LogP contribution in [0.3, 0.4) is 0 Å². The summed E-state index contributed by atoms with van der Waals surface area (Å²) in [6.45, 7) is 0. The Morgan fingerprint density at radius 2 is 2.00 bits per heavy atom. The second-order valence-electron chi connectivity index (χ2n) is 3.85. The third kappa shape index (κ3) is 1.78. The second kappa shape index (κ2) is 3.82. The van der Waals surface area contributed by atoms with Crippen LogP contribution in [0.5, 0.6) is 0 Å². The SMILES string of the molecule is CN(c1cnc(N)cn1)C1CCCC1. The Kier molecular flexibility index (Phi) is 2.52. The first-order chi connectivity index (χ1) is 6.77. The molecule has 1 heterocycles. The van der Waals surface area contributed by atoms with Crippen LogP contribution in [-0.2, 0) is 0 Å². The molecule has 2 N–H and O–H groups in total. The number of hydrogen-bond donors (Lipinski definition) is 1. The van der Waals surface area contributed by atoms with Gasteiger partial charge < -0.3 is 10.6 Å². The summed E-state index contributed by atoms with van der Waals surface area (Å²) in [6.07, 6.45) is 8.55. The maximum atomic E-state index is 5.49. The van der Waals surface area contributed by atoms with Gasteiger partial charge in [-0.1, -0.05) is 12.8 Å². The van der Waals surface area contributed by atoms with Crippen LogP contribution in [0.2, 0.25) is 0 Å². The quantitative estimate of drug-likeness (QED) is 0.770. The third-order valence-electron chi connectivity index (χ3n) is 2.89. The summed E-state index contributed by atoms with van der Waals surface area (Å²) in [4.78, 5) is 10.5. The van der Waals surface area contributed by atoms with Crippen LogP contribution in [0.25, 0.3) is 0 Å². The van der Waals surface area contributed by atoms with E-state index in [-0.39, 0.29) is 0 Å². The van der Waals surface area contributed by atoms with Crippen molar-refractivity contribution in [2.24, 2.45) is 0 Å². The lowest BCUT2D eigenvalue weighted by Crippen LogP contribution is -2.29. The molecule has 14 heavy (non-hydrogen) atoms. The molecule has 1 aliphatic rings. The van der Waals surface area contributed by atoms with Gasteiger partial charge in [0.05, 0.1) is 12.4 Å². The normalized spacial score (nSPS) is 17.2. The molecule has 1 fully saturated rings. The molecule has 0 radical (unpaired) electrons. The standard InChI is InChI=1S/C10H16N4/c1-14(8-4-2-3-5-8)10-7-12-9(11)6-13-10/h6-8H,2-5H2,1H3,(H2,11,12). The lowest BCUT2D eigenvalue weighted by Gasteiger charge is -2.24. The van der Waals surface area contributed by atoms with Gasteiger partial charge in [-0.15, -0.1) is 0 Å². The fourth-order valence-electron chi connectivity index (χ4n) is 1.99. The van der Waals surface area contributed by atoms with Crippen LogP contribution in [0.1, 0.15) is 25.7 Å². The molecule has 0 atom stereocenters. The van der Waals surface area contributed by atoms with E-state index in [4.69, 9.17) is 5.73 Å². The summed E-state index contributed by atoms with van der Waals surface area (Å²) in [6, 6.07) is 0.632. The molecule has 1 aromatic rings. The molecular formula is C10H16N4. The molecule has 0 spiro atoms. The van der Waals surface area contributed by atoms with Crippen molar-refractivity contribution in [1.82, 2.24) is 9.97 Å². The minimum atomic E-state index is 0.480. The van der Waals surface area contributed by atoms with Gasteiger partial charge in [-0.2, -0.15) is 0 Å². The van der Waals surface area contributed by atoms with Crippen molar-refractivity contribution in [3.8, 4) is 0 Å². The molecule has 1 saturated carbocycles. The minimum absolute atomic E-state index is 0.480. The topological polar surface area (TPSA) is 55.0 Å². The number of nitrogens with two attached hydrogens (primary N) is 1.